The SMILES string of the molecule is C[C@@H]1C[C@H](C)CN(c2ccc(C(=O)NC/C=C/c3cn[nH]c3)cc2C#Cc2ccc(F)cc2)C1. The van der Waals surface area contributed by atoms with Gasteiger partial charge in [-0.2, -0.15) is 5.10 Å². The summed E-state index contributed by atoms with van der Waals surface area (Å²) in [6.45, 7) is 6.86. The molecule has 5 nitrogen and oxygen atoms in total. The third-order valence-corrected chi connectivity index (χ3v) is 5.86. The number of piperidine rings is 1. The standard InChI is InChI=1S/C28H29FN4O/c1-20-14-21(2)19-33(18-20)27-12-9-25(28(34)30-13-3-4-23-16-31-32-17-23)15-24(27)8-5-22-6-10-26(29)11-7-22/h3-4,6-7,9-12,15-17,20-21H,13-14,18-19H2,1-2H3,(H,30,34)(H,31,32)/b4-3+/t20-,21+. The van der Waals surface area contributed by atoms with Crippen LogP contribution in [0.1, 0.15) is 47.3 Å². The molecule has 1 aliphatic rings. The minimum Gasteiger partial charge on any atom is -0.370 e. The average Bonchev–Trinajstić information content (AvgIpc) is 3.34. The van der Waals surface area contributed by atoms with E-state index in [4.69, 9.17) is 0 Å². The van der Waals surface area contributed by atoms with Crippen LogP contribution in [-0.4, -0.2) is 35.7 Å². The molecule has 2 aromatic carbocycles. The van der Waals surface area contributed by atoms with Crippen LogP contribution in [0.3, 0.4) is 0 Å². The van der Waals surface area contributed by atoms with E-state index < -0.39 is 0 Å². The molecule has 4 rings (SSSR count). The molecular weight excluding hydrogens is 427 g/mol. The summed E-state index contributed by atoms with van der Waals surface area (Å²) < 4.78 is 13.3. The molecule has 1 aliphatic heterocycles. The van der Waals surface area contributed by atoms with Gasteiger partial charge in [0.25, 0.3) is 5.91 Å². The molecule has 2 N–H and O–H groups in total. The first-order valence-corrected chi connectivity index (χ1v) is 11.6. The highest BCUT2D eigenvalue weighted by Crippen LogP contribution is 2.29. The Morgan fingerprint density at radius 3 is 2.65 bits per heavy atom. The lowest BCUT2D eigenvalue weighted by Crippen LogP contribution is -2.39. The summed E-state index contributed by atoms with van der Waals surface area (Å²) in [5.74, 6) is 7.10. The normalized spacial score (nSPS) is 17.9. The number of rotatable bonds is 5. The van der Waals surface area contributed by atoms with Crippen LogP contribution in [-0.2, 0) is 0 Å². The molecule has 1 amide bonds. The molecule has 1 fully saturated rings. The lowest BCUT2D eigenvalue weighted by atomic mass is 9.91. The van der Waals surface area contributed by atoms with E-state index in [-0.39, 0.29) is 11.7 Å². The Bertz CT molecular complexity index is 1200. The number of hydrogen-bond acceptors (Lipinski definition) is 3. The van der Waals surface area contributed by atoms with E-state index in [2.05, 4.69) is 46.1 Å². The van der Waals surface area contributed by atoms with E-state index in [1.165, 1.54) is 18.6 Å². The summed E-state index contributed by atoms with van der Waals surface area (Å²) in [4.78, 5) is 15.2. The zero-order valence-electron chi connectivity index (χ0n) is 19.5. The first-order valence-electron chi connectivity index (χ1n) is 11.6. The van der Waals surface area contributed by atoms with Gasteiger partial charge in [-0.1, -0.05) is 37.8 Å². The molecule has 174 valence electrons. The third-order valence-electron chi connectivity index (χ3n) is 5.86. The number of aromatic nitrogens is 2. The summed E-state index contributed by atoms with van der Waals surface area (Å²) in [5, 5.41) is 9.57. The van der Waals surface area contributed by atoms with E-state index in [9.17, 15) is 9.18 Å². The van der Waals surface area contributed by atoms with Crippen molar-refractivity contribution in [1.82, 2.24) is 15.5 Å². The Morgan fingerprint density at radius 1 is 1.18 bits per heavy atom. The second-order valence-electron chi connectivity index (χ2n) is 8.98. The molecule has 3 aromatic rings. The molecule has 0 saturated carbocycles. The van der Waals surface area contributed by atoms with Gasteiger partial charge in [0.15, 0.2) is 0 Å². The zero-order valence-corrected chi connectivity index (χ0v) is 19.5. The number of benzene rings is 2. The fourth-order valence-corrected chi connectivity index (χ4v) is 4.39. The van der Waals surface area contributed by atoms with E-state index in [0.717, 1.165) is 35.5 Å². The summed E-state index contributed by atoms with van der Waals surface area (Å²) in [7, 11) is 0. The maximum Gasteiger partial charge on any atom is 0.251 e. The largest absolute Gasteiger partial charge is 0.370 e. The third kappa shape index (κ3) is 6.14. The van der Waals surface area contributed by atoms with Gasteiger partial charge in [-0.05, 0) is 60.7 Å². The number of nitrogens with zero attached hydrogens (tertiary/aromatic N) is 2. The summed E-state index contributed by atoms with van der Waals surface area (Å²) >= 11 is 0. The smallest absolute Gasteiger partial charge is 0.251 e. The van der Waals surface area contributed by atoms with Crippen molar-refractivity contribution in [1.29, 1.82) is 0 Å². The number of halogens is 1. The van der Waals surface area contributed by atoms with Crippen LogP contribution in [0.15, 0.2) is 60.9 Å². The maximum absolute atomic E-state index is 13.3. The quantitative estimate of drug-likeness (QED) is 0.539. The molecule has 0 unspecified atom stereocenters. The number of amides is 1. The number of aromatic amines is 1. The lowest BCUT2D eigenvalue weighted by Gasteiger charge is -2.37. The van der Waals surface area contributed by atoms with Crippen molar-refractivity contribution < 1.29 is 9.18 Å². The number of nitrogens with one attached hydrogen (secondary N) is 2. The van der Waals surface area contributed by atoms with Crippen molar-refractivity contribution in [3.05, 3.63) is 89.0 Å². The van der Waals surface area contributed by atoms with Crippen LogP contribution in [0.5, 0.6) is 0 Å². The van der Waals surface area contributed by atoms with Gasteiger partial charge in [-0.3, -0.25) is 9.89 Å². The van der Waals surface area contributed by atoms with Gasteiger partial charge in [0.05, 0.1) is 11.9 Å². The molecule has 34 heavy (non-hydrogen) atoms. The zero-order chi connectivity index (χ0) is 23.9. The minimum atomic E-state index is -0.289. The molecule has 0 bridgehead atoms. The van der Waals surface area contributed by atoms with Gasteiger partial charge in [-0.25, -0.2) is 4.39 Å². The molecule has 6 heteroatoms. The van der Waals surface area contributed by atoms with Crippen LogP contribution in [0.4, 0.5) is 10.1 Å². The molecule has 2 atom stereocenters. The maximum atomic E-state index is 13.3. The van der Waals surface area contributed by atoms with Crippen molar-refractivity contribution in [3.63, 3.8) is 0 Å². The van der Waals surface area contributed by atoms with Crippen LogP contribution in [0.2, 0.25) is 0 Å². The van der Waals surface area contributed by atoms with Crippen LogP contribution in [0.25, 0.3) is 6.08 Å². The summed E-state index contributed by atoms with van der Waals surface area (Å²) in [6, 6.07) is 11.8. The number of carbonyl (C=O) groups is 1. The van der Waals surface area contributed by atoms with Gasteiger partial charge >= 0.3 is 0 Å². The monoisotopic (exact) mass is 456 g/mol. The van der Waals surface area contributed by atoms with E-state index in [0.29, 0.717) is 23.9 Å². The molecule has 1 saturated heterocycles. The first-order chi connectivity index (χ1) is 16.5. The van der Waals surface area contributed by atoms with Crippen LogP contribution in [0, 0.1) is 29.5 Å². The Hall–Kier alpha value is -3.85. The highest BCUT2D eigenvalue weighted by molar-refractivity contribution is 5.95. The van der Waals surface area contributed by atoms with E-state index in [1.807, 2.05) is 30.4 Å². The predicted octanol–water partition coefficient (Wildman–Crippen LogP) is 4.87. The molecular formula is C28H29FN4O. The number of hydrogen-bond donors (Lipinski definition) is 2. The number of anilines is 1. The van der Waals surface area contributed by atoms with Crippen molar-refractivity contribution in [2.24, 2.45) is 11.8 Å². The van der Waals surface area contributed by atoms with Gasteiger partial charge in [-0.15, -0.1) is 0 Å². The van der Waals surface area contributed by atoms with Gasteiger partial charge in [0.1, 0.15) is 5.82 Å². The van der Waals surface area contributed by atoms with Gasteiger partial charge in [0.2, 0.25) is 0 Å². The van der Waals surface area contributed by atoms with Crippen molar-refractivity contribution >= 4 is 17.7 Å². The Kier molecular flexibility index (Phi) is 7.44. The fraction of sp³-hybridized carbons (Fsp3) is 0.286. The molecule has 0 radical (unpaired) electrons. The number of H-pyrrole nitrogens is 1. The van der Waals surface area contributed by atoms with Gasteiger partial charge < -0.3 is 10.2 Å². The highest BCUT2D eigenvalue weighted by atomic mass is 19.1. The van der Waals surface area contributed by atoms with E-state index >= 15 is 0 Å². The lowest BCUT2D eigenvalue weighted by molar-refractivity contribution is 0.0958. The Morgan fingerprint density at radius 2 is 1.94 bits per heavy atom. The van der Waals surface area contributed by atoms with Crippen LogP contribution >= 0.6 is 0 Å². The van der Waals surface area contributed by atoms with E-state index in [1.54, 1.807) is 24.5 Å². The highest BCUT2D eigenvalue weighted by Gasteiger charge is 2.23. The second-order valence-corrected chi connectivity index (χ2v) is 8.98. The number of carbonyl (C=O) groups excluding carboxylic acids is 1. The second kappa shape index (κ2) is 10.8. The molecule has 0 spiro atoms. The Balaban J connectivity index is 1.57. The minimum absolute atomic E-state index is 0.159. The average molecular weight is 457 g/mol. The first kappa shape index (κ1) is 23.3. The molecule has 1 aromatic heterocycles. The molecule has 0 aliphatic carbocycles. The van der Waals surface area contributed by atoms with Crippen molar-refractivity contribution in [2.75, 3.05) is 24.5 Å². The summed E-state index contributed by atoms with van der Waals surface area (Å²) in [5.41, 5.74) is 4.06. The van der Waals surface area contributed by atoms with Crippen molar-refractivity contribution in [3.8, 4) is 11.8 Å². The Labute approximate surface area is 200 Å². The topological polar surface area (TPSA) is 61.0 Å². The molecule has 2 heterocycles. The summed E-state index contributed by atoms with van der Waals surface area (Å²) in [6.07, 6.45) is 8.48. The van der Waals surface area contributed by atoms with Gasteiger partial charge in [0, 0.05) is 48.1 Å². The predicted molar refractivity (Wildman–Crippen MR) is 134 cm³/mol. The van der Waals surface area contributed by atoms with Crippen molar-refractivity contribution in [2.45, 2.75) is 20.3 Å². The fourth-order valence-electron chi connectivity index (χ4n) is 4.39. The van der Waals surface area contributed by atoms with Crippen LogP contribution < -0.4 is 10.2 Å².